The summed E-state index contributed by atoms with van der Waals surface area (Å²) in [6.07, 6.45) is 1.55. The van der Waals surface area contributed by atoms with E-state index in [9.17, 15) is 27.2 Å². The molecule has 1 atom stereocenters. The van der Waals surface area contributed by atoms with Gasteiger partial charge in [-0.1, -0.05) is 60.8 Å². The molecule has 0 aromatic carbocycles. The van der Waals surface area contributed by atoms with Crippen molar-refractivity contribution in [2.75, 3.05) is 27.8 Å². The van der Waals surface area contributed by atoms with Gasteiger partial charge in [-0.15, -0.1) is 0 Å². The predicted molar refractivity (Wildman–Crippen MR) is 134 cm³/mol. The van der Waals surface area contributed by atoms with E-state index in [2.05, 4.69) is 13.8 Å². The molecule has 0 saturated heterocycles. The van der Waals surface area contributed by atoms with E-state index in [1.807, 2.05) is 46.7 Å². The number of nitrogens with zero attached hydrogens (tertiary/aromatic N) is 2. The van der Waals surface area contributed by atoms with E-state index in [0.29, 0.717) is 26.2 Å². The molecule has 1 rings (SSSR count). The van der Waals surface area contributed by atoms with E-state index in [1.54, 1.807) is 0 Å². The lowest BCUT2D eigenvalue weighted by Crippen LogP contribution is -2.35. The number of rotatable bonds is 10. The molecule has 9 heteroatoms. The van der Waals surface area contributed by atoms with Crippen molar-refractivity contribution in [3.8, 4) is 0 Å². The van der Waals surface area contributed by atoms with Crippen molar-refractivity contribution in [3.05, 3.63) is 33.7 Å². The Labute approximate surface area is 203 Å². The monoisotopic (exact) mass is 497 g/mol. The second-order valence-corrected chi connectivity index (χ2v) is 8.26. The summed E-state index contributed by atoms with van der Waals surface area (Å²) >= 11 is 0. The fraction of sp³-hybridized carbons (Fsp3) is 0.760. The van der Waals surface area contributed by atoms with Gasteiger partial charge in [0.05, 0.1) is 12.7 Å². The highest BCUT2D eigenvalue weighted by molar-refractivity contribution is 5.78. The van der Waals surface area contributed by atoms with Crippen molar-refractivity contribution in [2.45, 2.75) is 92.3 Å². The van der Waals surface area contributed by atoms with Crippen LogP contribution in [0.3, 0.4) is 0 Å². The third-order valence-corrected chi connectivity index (χ3v) is 4.59. The summed E-state index contributed by atoms with van der Waals surface area (Å²) in [7, 11) is 4.16. The Morgan fingerprint density at radius 2 is 1.59 bits per heavy atom. The fourth-order valence-electron chi connectivity index (χ4n) is 3.05. The summed E-state index contributed by atoms with van der Waals surface area (Å²) in [5, 5.41) is 0. The molecule has 0 aliphatic carbocycles. The maximum Gasteiger partial charge on any atom is 0.416 e. The van der Waals surface area contributed by atoms with Gasteiger partial charge in [0.25, 0.3) is 5.56 Å². The lowest BCUT2D eigenvalue weighted by atomic mass is 10.0. The number of nitrogens with two attached hydrogens (primary N) is 1. The second-order valence-electron chi connectivity index (χ2n) is 8.26. The lowest BCUT2D eigenvalue weighted by Gasteiger charge is -2.22. The number of primary amides is 1. The largest absolute Gasteiger partial charge is 0.416 e. The highest BCUT2D eigenvalue weighted by atomic mass is 19.4. The van der Waals surface area contributed by atoms with Crippen LogP contribution in [-0.2, 0) is 17.4 Å². The van der Waals surface area contributed by atoms with Crippen LogP contribution in [0.5, 0.6) is 0 Å². The van der Waals surface area contributed by atoms with Crippen LogP contribution >= 0.6 is 0 Å². The smallest absolute Gasteiger partial charge is 0.368 e. The molecule has 5 nitrogen and oxygen atoms in total. The minimum absolute atomic E-state index is 0.00366. The van der Waals surface area contributed by atoms with Crippen molar-refractivity contribution in [3.63, 3.8) is 0 Å². The van der Waals surface area contributed by atoms with E-state index in [1.165, 1.54) is 19.3 Å². The SMILES string of the molecule is CC.CC(C)CC(C(N)=O)n1cc(CCCN(C)C)c(C(F)(F)F)cc1=O.CCCCC.CF. The molecule has 1 heterocycles. The molecule has 0 aliphatic rings. The summed E-state index contributed by atoms with van der Waals surface area (Å²) in [6.45, 7) is 12.7. The molecule has 0 bridgehead atoms. The molecule has 202 valence electrons. The third-order valence-electron chi connectivity index (χ3n) is 4.59. The number of halogens is 4. The molecule has 2 N–H and O–H groups in total. The summed E-state index contributed by atoms with van der Waals surface area (Å²) in [4.78, 5) is 25.8. The number of aryl methyl sites for hydroxylation is 1. The molecule has 0 saturated carbocycles. The molecule has 0 spiro atoms. The van der Waals surface area contributed by atoms with Crippen molar-refractivity contribution < 1.29 is 22.4 Å². The maximum atomic E-state index is 13.3. The number of pyridine rings is 1. The molecular formula is C25H47F4N3O2. The van der Waals surface area contributed by atoms with Crippen molar-refractivity contribution in [2.24, 2.45) is 11.7 Å². The number of hydrogen-bond acceptors (Lipinski definition) is 3. The van der Waals surface area contributed by atoms with Gasteiger partial charge in [-0.2, -0.15) is 13.2 Å². The van der Waals surface area contributed by atoms with Crippen LogP contribution < -0.4 is 11.3 Å². The number of amides is 1. The van der Waals surface area contributed by atoms with Gasteiger partial charge in [-0.3, -0.25) is 14.0 Å². The zero-order valence-electron chi connectivity index (χ0n) is 22.6. The molecule has 1 amide bonds. The van der Waals surface area contributed by atoms with Gasteiger partial charge in [-0.25, -0.2) is 0 Å². The minimum atomic E-state index is -4.62. The maximum absolute atomic E-state index is 13.3. The quantitative estimate of drug-likeness (QED) is 0.389. The highest BCUT2D eigenvalue weighted by Gasteiger charge is 2.35. The molecule has 1 aromatic heterocycles. The van der Waals surface area contributed by atoms with Gasteiger partial charge >= 0.3 is 6.18 Å². The zero-order valence-corrected chi connectivity index (χ0v) is 22.6. The Kier molecular flexibility index (Phi) is 22.1. The van der Waals surface area contributed by atoms with Gasteiger partial charge in [0.2, 0.25) is 5.91 Å². The lowest BCUT2D eigenvalue weighted by molar-refractivity contribution is -0.138. The molecular weight excluding hydrogens is 450 g/mol. The first-order valence-electron chi connectivity index (χ1n) is 12.0. The molecule has 0 radical (unpaired) electrons. The van der Waals surface area contributed by atoms with Gasteiger partial charge in [0.15, 0.2) is 0 Å². The summed E-state index contributed by atoms with van der Waals surface area (Å²) in [5.41, 5.74) is 3.56. The number of alkyl halides is 4. The van der Waals surface area contributed by atoms with Crippen molar-refractivity contribution >= 4 is 5.91 Å². The first kappa shape index (κ1) is 36.7. The first-order chi connectivity index (χ1) is 15.8. The van der Waals surface area contributed by atoms with Crippen LogP contribution in [0.1, 0.15) is 90.8 Å². The Hall–Kier alpha value is -1.90. The van der Waals surface area contributed by atoms with Crippen LogP contribution in [0.25, 0.3) is 0 Å². The first-order valence-corrected chi connectivity index (χ1v) is 12.0. The van der Waals surface area contributed by atoms with E-state index >= 15 is 0 Å². The Morgan fingerprint density at radius 3 is 1.91 bits per heavy atom. The summed E-state index contributed by atoms with van der Waals surface area (Å²) in [5.74, 6) is -0.668. The Bertz CT molecular complexity index is 700. The molecule has 0 fully saturated rings. The van der Waals surface area contributed by atoms with Crippen LogP contribution in [0.2, 0.25) is 0 Å². The summed E-state index contributed by atoms with van der Waals surface area (Å²) in [6, 6.07) is -0.385. The highest BCUT2D eigenvalue weighted by Crippen LogP contribution is 2.32. The fourth-order valence-corrected chi connectivity index (χ4v) is 3.05. The van der Waals surface area contributed by atoms with E-state index in [4.69, 9.17) is 5.73 Å². The zero-order chi connectivity index (χ0) is 27.5. The van der Waals surface area contributed by atoms with Crippen LogP contribution in [-0.4, -0.2) is 43.2 Å². The van der Waals surface area contributed by atoms with Gasteiger partial charge in [0, 0.05) is 12.3 Å². The van der Waals surface area contributed by atoms with E-state index in [-0.39, 0.29) is 24.3 Å². The minimum Gasteiger partial charge on any atom is -0.368 e. The number of unbranched alkanes of at least 4 members (excludes halogenated alkanes) is 2. The topological polar surface area (TPSA) is 68.3 Å². The summed E-state index contributed by atoms with van der Waals surface area (Å²) < 4.78 is 50.3. The number of aromatic nitrogens is 1. The number of carbonyl (C=O) groups is 1. The van der Waals surface area contributed by atoms with Crippen LogP contribution in [0.4, 0.5) is 17.6 Å². The Morgan fingerprint density at radius 1 is 1.09 bits per heavy atom. The van der Waals surface area contributed by atoms with E-state index < -0.39 is 29.2 Å². The van der Waals surface area contributed by atoms with Gasteiger partial charge < -0.3 is 15.2 Å². The van der Waals surface area contributed by atoms with Crippen LogP contribution in [0.15, 0.2) is 17.1 Å². The normalized spacial score (nSPS) is 11.5. The van der Waals surface area contributed by atoms with E-state index in [0.717, 1.165) is 10.8 Å². The molecule has 34 heavy (non-hydrogen) atoms. The predicted octanol–water partition coefficient (Wildman–Crippen LogP) is 6.24. The van der Waals surface area contributed by atoms with Crippen molar-refractivity contribution in [1.82, 2.24) is 9.47 Å². The molecule has 1 unspecified atom stereocenters. The van der Waals surface area contributed by atoms with Crippen molar-refractivity contribution in [1.29, 1.82) is 0 Å². The third kappa shape index (κ3) is 15.9. The van der Waals surface area contributed by atoms with Crippen LogP contribution in [0, 0.1) is 5.92 Å². The second kappa shape index (κ2) is 20.5. The molecule has 1 aromatic rings. The average Bonchev–Trinajstić information content (AvgIpc) is 2.75. The standard InChI is InChI=1S/C17H26F3N3O2.C5H12.C2H6.CH3F/c1-11(2)8-14(16(21)25)23-10-12(6-5-7-22(3)4)13(9-15(23)24)17(18,19)20;1-3-5-4-2;2*1-2/h9-11,14H,5-8H2,1-4H3,(H2,21,25);3-5H2,1-2H3;1-2H3;1H3. The Balaban J connectivity index is -0.000000923. The van der Waals surface area contributed by atoms with Gasteiger partial charge in [-0.05, 0) is 51.4 Å². The van der Waals surface area contributed by atoms with Gasteiger partial charge in [0.1, 0.15) is 6.04 Å². The number of hydrogen-bond donors (Lipinski definition) is 1. The number of carbonyl (C=O) groups excluding carboxylic acids is 1. The average molecular weight is 498 g/mol. The molecule has 0 aliphatic heterocycles.